The van der Waals surface area contributed by atoms with Crippen molar-refractivity contribution in [3.63, 3.8) is 0 Å². The molecule has 0 unspecified atom stereocenters. The number of anilines is 1. The maximum absolute atomic E-state index is 12.8. The van der Waals surface area contributed by atoms with Gasteiger partial charge in [-0.2, -0.15) is 0 Å². The smallest absolute Gasteiger partial charge is 0.251 e. The summed E-state index contributed by atoms with van der Waals surface area (Å²) in [5.41, 5.74) is 4.10. The topological polar surface area (TPSA) is 86.9 Å². The van der Waals surface area contributed by atoms with E-state index in [1.807, 2.05) is 42.5 Å². The fourth-order valence-electron chi connectivity index (χ4n) is 5.48. The summed E-state index contributed by atoms with van der Waals surface area (Å²) in [6.07, 6.45) is 13.8. The molecule has 0 saturated heterocycles. The van der Waals surface area contributed by atoms with Crippen molar-refractivity contribution in [2.24, 2.45) is 5.92 Å². The second-order valence-corrected chi connectivity index (χ2v) is 10.2. The molecule has 2 aliphatic rings. The van der Waals surface area contributed by atoms with E-state index >= 15 is 0 Å². The van der Waals surface area contributed by atoms with Gasteiger partial charge >= 0.3 is 0 Å². The van der Waals surface area contributed by atoms with Crippen LogP contribution in [0.5, 0.6) is 0 Å². The van der Waals surface area contributed by atoms with Crippen LogP contribution in [0.2, 0.25) is 0 Å². The van der Waals surface area contributed by atoms with E-state index in [0.717, 1.165) is 66.6 Å². The van der Waals surface area contributed by atoms with Crippen LogP contribution in [0.3, 0.4) is 0 Å². The van der Waals surface area contributed by atoms with Gasteiger partial charge in [0.2, 0.25) is 5.91 Å². The molecule has 3 N–H and O–H groups in total. The van der Waals surface area contributed by atoms with Gasteiger partial charge in [0, 0.05) is 28.8 Å². The van der Waals surface area contributed by atoms with Crippen molar-refractivity contribution in [2.45, 2.75) is 83.1 Å². The minimum absolute atomic E-state index is 0.0105. The number of H-pyrrole nitrogens is 1. The lowest BCUT2D eigenvalue weighted by atomic mass is 9.99. The first-order valence-corrected chi connectivity index (χ1v) is 13.4. The van der Waals surface area contributed by atoms with E-state index in [4.69, 9.17) is 4.98 Å². The summed E-state index contributed by atoms with van der Waals surface area (Å²) in [7, 11) is 0. The van der Waals surface area contributed by atoms with E-state index < -0.39 is 0 Å². The summed E-state index contributed by atoms with van der Waals surface area (Å²) in [6, 6.07) is 13.7. The molecule has 0 atom stereocenters. The summed E-state index contributed by atoms with van der Waals surface area (Å²) in [5, 5.41) is 6.31. The molecule has 0 aliphatic heterocycles. The van der Waals surface area contributed by atoms with Crippen LogP contribution in [0.1, 0.15) is 87.4 Å². The number of carbonyl (C=O) groups excluding carboxylic acids is 2. The Kier molecular flexibility index (Phi) is 7.45. The van der Waals surface area contributed by atoms with E-state index in [1.165, 1.54) is 38.5 Å². The molecule has 35 heavy (non-hydrogen) atoms. The highest BCUT2D eigenvalue weighted by Crippen LogP contribution is 2.26. The Hall–Kier alpha value is -3.15. The number of amides is 2. The van der Waals surface area contributed by atoms with E-state index in [-0.39, 0.29) is 23.8 Å². The number of carbonyl (C=O) groups is 2. The van der Waals surface area contributed by atoms with Crippen LogP contribution in [0, 0.1) is 5.92 Å². The Balaban J connectivity index is 1.25. The second-order valence-electron chi connectivity index (χ2n) is 10.2. The highest BCUT2D eigenvalue weighted by molar-refractivity contribution is 5.98. The van der Waals surface area contributed by atoms with Crippen molar-refractivity contribution in [2.75, 3.05) is 5.32 Å². The van der Waals surface area contributed by atoms with E-state index in [0.29, 0.717) is 5.56 Å². The van der Waals surface area contributed by atoms with Gasteiger partial charge in [0.1, 0.15) is 5.82 Å². The third kappa shape index (κ3) is 5.92. The van der Waals surface area contributed by atoms with Crippen molar-refractivity contribution >= 4 is 28.5 Å². The maximum Gasteiger partial charge on any atom is 0.251 e. The molecule has 0 bridgehead atoms. The Morgan fingerprint density at radius 2 is 1.46 bits per heavy atom. The predicted molar refractivity (Wildman–Crippen MR) is 140 cm³/mol. The van der Waals surface area contributed by atoms with Gasteiger partial charge in [-0.05, 0) is 68.1 Å². The van der Waals surface area contributed by atoms with Crippen LogP contribution in [0.15, 0.2) is 42.5 Å². The molecule has 0 radical (unpaired) electrons. The zero-order valence-corrected chi connectivity index (χ0v) is 20.4. The molecule has 2 saturated carbocycles. The average Bonchev–Trinajstić information content (AvgIpc) is 3.03. The number of aromatic amines is 1. The lowest BCUT2D eigenvalue weighted by molar-refractivity contribution is -0.120. The zero-order chi connectivity index (χ0) is 24.0. The molecule has 1 heterocycles. The second kappa shape index (κ2) is 11.1. The predicted octanol–water partition coefficient (Wildman–Crippen LogP) is 6.59. The summed E-state index contributed by atoms with van der Waals surface area (Å²) < 4.78 is 0. The summed E-state index contributed by atoms with van der Waals surface area (Å²) in [5.74, 6) is 1.01. The van der Waals surface area contributed by atoms with Gasteiger partial charge < -0.3 is 15.6 Å². The molecule has 184 valence electrons. The fourth-order valence-corrected chi connectivity index (χ4v) is 5.48. The van der Waals surface area contributed by atoms with Crippen LogP contribution in [0.4, 0.5) is 5.69 Å². The number of benzene rings is 2. The van der Waals surface area contributed by atoms with E-state index in [9.17, 15) is 9.59 Å². The fraction of sp³-hybridized carbons (Fsp3) is 0.483. The number of nitrogens with one attached hydrogen (secondary N) is 3. The number of hydrogen-bond donors (Lipinski definition) is 3. The molecule has 6 nitrogen and oxygen atoms in total. The van der Waals surface area contributed by atoms with Crippen molar-refractivity contribution in [1.82, 2.24) is 15.3 Å². The Bertz CT molecular complexity index is 1150. The third-order valence-corrected chi connectivity index (χ3v) is 7.59. The number of rotatable bonds is 5. The van der Waals surface area contributed by atoms with E-state index in [1.54, 1.807) is 0 Å². The molecule has 1 aromatic heterocycles. The number of aromatic nitrogens is 2. The van der Waals surface area contributed by atoms with Gasteiger partial charge in [0.05, 0.1) is 11.0 Å². The van der Waals surface area contributed by atoms with E-state index in [2.05, 4.69) is 15.6 Å². The van der Waals surface area contributed by atoms with Crippen LogP contribution in [-0.2, 0) is 4.79 Å². The summed E-state index contributed by atoms with van der Waals surface area (Å²) >= 11 is 0. The quantitative estimate of drug-likeness (QED) is 0.366. The van der Waals surface area contributed by atoms with Crippen LogP contribution < -0.4 is 10.6 Å². The molecule has 5 rings (SSSR count). The first-order valence-electron chi connectivity index (χ1n) is 13.4. The Labute approximate surface area is 207 Å². The molecule has 2 aliphatic carbocycles. The lowest BCUT2D eigenvalue weighted by Gasteiger charge is -2.16. The van der Waals surface area contributed by atoms with Gasteiger partial charge in [-0.25, -0.2) is 4.98 Å². The molecular weight excluding hydrogens is 436 g/mol. The minimum atomic E-state index is -0.0105. The highest BCUT2D eigenvalue weighted by atomic mass is 16.2. The molecular formula is C29H36N4O2. The minimum Gasteiger partial charge on any atom is -0.349 e. The van der Waals surface area contributed by atoms with Crippen molar-refractivity contribution in [3.8, 4) is 11.4 Å². The van der Waals surface area contributed by atoms with Crippen LogP contribution in [0.25, 0.3) is 22.4 Å². The SMILES string of the molecule is O=C(NC1CCCCCC1)c1ccc2nc(-c3ccc(NC(=O)C4CCCCCC4)cc3)[nH]c2c1. The molecule has 6 heteroatoms. The Morgan fingerprint density at radius 3 is 2.14 bits per heavy atom. The number of nitrogens with zero attached hydrogens (tertiary/aromatic N) is 1. The Morgan fingerprint density at radius 1 is 0.800 bits per heavy atom. The summed E-state index contributed by atoms with van der Waals surface area (Å²) in [4.78, 5) is 33.6. The van der Waals surface area contributed by atoms with Gasteiger partial charge in [0.15, 0.2) is 0 Å². The number of hydrogen-bond acceptors (Lipinski definition) is 3. The zero-order valence-electron chi connectivity index (χ0n) is 20.4. The maximum atomic E-state index is 12.8. The first-order chi connectivity index (χ1) is 17.2. The van der Waals surface area contributed by atoms with Crippen molar-refractivity contribution in [1.29, 1.82) is 0 Å². The first kappa shape index (κ1) is 23.6. The van der Waals surface area contributed by atoms with Gasteiger partial charge in [-0.1, -0.05) is 51.4 Å². The number of imidazole rings is 1. The number of fused-ring (bicyclic) bond motifs is 1. The molecule has 2 amide bonds. The normalized spacial score (nSPS) is 18.1. The van der Waals surface area contributed by atoms with Gasteiger partial charge in [-0.15, -0.1) is 0 Å². The van der Waals surface area contributed by atoms with Crippen molar-refractivity contribution in [3.05, 3.63) is 48.0 Å². The average molecular weight is 473 g/mol. The van der Waals surface area contributed by atoms with Crippen molar-refractivity contribution < 1.29 is 9.59 Å². The molecule has 2 fully saturated rings. The van der Waals surface area contributed by atoms with Crippen LogP contribution in [-0.4, -0.2) is 27.8 Å². The standard InChI is InChI=1S/C29H36N4O2/c34-28(21-9-5-1-2-6-10-21)31-24-16-13-20(14-17-24)27-32-25-18-15-22(19-26(25)33-27)29(35)30-23-11-7-3-4-8-12-23/h13-19,21,23H,1-12H2,(H,30,35)(H,31,34)(H,32,33). The largest absolute Gasteiger partial charge is 0.349 e. The lowest BCUT2D eigenvalue weighted by Crippen LogP contribution is -2.34. The molecule has 2 aromatic carbocycles. The third-order valence-electron chi connectivity index (χ3n) is 7.59. The summed E-state index contributed by atoms with van der Waals surface area (Å²) in [6.45, 7) is 0. The highest BCUT2D eigenvalue weighted by Gasteiger charge is 2.20. The molecule has 3 aromatic rings. The van der Waals surface area contributed by atoms with Crippen LogP contribution >= 0.6 is 0 Å². The monoisotopic (exact) mass is 472 g/mol. The van der Waals surface area contributed by atoms with Gasteiger partial charge in [-0.3, -0.25) is 9.59 Å². The molecule has 0 spiro atoms. The van der Waals surface area contributed by atoms with Gasteiger partial charge in [0.25, 0.3) is 5.91 Å².